The van der Waals surface area contributed by atoms with Gasteiger partial charge in [0.05, 0.1) is 4.92 Å². The number of amides is 2. The number of fused-ring (bicyclic) bond motifs is 1. The van der Waals surface area contributed by atoms with Crippen LogP contribution in [0.25, 0.3) is 0 Å². The Kier molecular flexibility index (Phi) is 4.23. The maximum atomic E-state index is 12.3. The average Bonchev–Trinajstić information content (AvgIpc) is 2.59. The molecular weight excluding hydrogens is 294 g/mol. The second-order valence-corrected chi connectivity index (χ2v) is 5.53. The minimum absolute atomic E-state index is 0.0651. The van der Waals surface area contributed by atoms with Crippen LogP contribution in [0, 0.1) is 10.1 Å². The molecule has 23 heavy (non-hydrogen) atoms. The van der Waals surface area contributed by atoms with Gasteiger partial charge in [0.15, 0.2) is 0 Å². The highest BCUT2D eigenvalue weighted by Gasteiger charge is 2.22. The molecule has 2 aromatic rings. The lowest BCUT2D eigenvalue weighted by atomic mass is 9.99. The van der Waals surface area contributed by atoms with E-state index in [0.29, 0.717) is 26.1 Å². The van der Waals surface area contributed by atoms with E-state index < -0.39 is 4.92 Å². The van der Waals surface area contributed by atoms with Crippen molar-refractivity contribution in [3.8, 4) is 0 Å². The summed E-state index contributed by atoms with van der Waals surface area (Å²) in [6, 6.07) is 14.4. The van der Waals surface area contributed by atoms with Crippen LogP contribution in [-0.2, 0) is 19.5 Å². The van der Waals surface area contributed by atoms with E-state index >= 15 is 0 Å². The Labute approximate surface area is 133 Å². The molecule has 2 aromatic carbocycles. The molecule has 0 unspecified atom stereocenters. The predicted octanol–water partition coefficient (Wildman–Crippen LogP) is 2.86. The van der Waals surface area contributed by atoms with Gasteiger partial charge in [0.1, 0.15) is 0 Å². The predicted molar refractivity (Wildman–Crippen MR) is 85.9 cm³/mol. The van der Waals surface area contributed by atoms with Crippen molar-refractivity contribution in [1.82, 2.24) is 10.2 Å². The molecule has 0 spiro atoms. The molecule has 1 N–H and O–H groups in total. The number of nitrogens with one attached hydrogen (secondary N) is 1. The van der Waals surface area contributed by atoms with E-state index in [1.54, 1.807) is 17.0 Å². The van der Waals surface area contributed by atoms with Crippen molar-refractivity contribution < 1.29 is 9.72 Å². The molecule has 0 saturated heterocycles. The van der Waals surface area contributed by atoms with Gasteiger partial charge in [0, 0.05) is 31.8 Å². The van der Waals surface area contributed by atoms with E-state index in [-0.39, 0.29) is 11.7 Å². The maximum Gasteiger partial charge on any atom is 0.317 e. The van der Waals surface area contributed by atoms with Crippen LogP contribution < -0.4 is 5.32 Å². The first-order valence-corrected chi connectivity index (χ1v) is 7.46. The lowest BCUT2D eigenvalue weighted by molar-refractivity contribution is -0.385. The minimum Gasteiger partial charge on any atom is -0.334 e. The highest BCUT2D eigenvalue weighted by molar-refractivity contribution is 5.74. The van der Waals surface area contributed by atoms with Crippen LogP contribution in [0.3, 0.4) is 0 Å². The number of carbonyl (C=O) groups excluding carboxylic acids is 1. The van der Waals surface area contributed by atoms with Crippen LogP contribution in [0.15, 0.2) is 48.5 Å². The smallest absolute Gasteiger partial charge is 0.317 e. The van der Waals surface area contributed by atoms with Gasteiger partial charge in [0.25, 0.3) is 5.69 Å². The van der Waals surface area contributed by atoms with Gasteiger partial charge in [-0.25, -0.2) is 4.79 Å². The molecule has 0 atom stereocenters. The van der Waals surface area contributed by atoms with Gasteiger partial charge >= 0.3 is 6.03 Å². The van der Waals surface area contributed by atoms with Crippen LogP contribution in [0.4, 0.5) is 10.5 Å². The molecular formula is C17H17N3O3. The van der Waals surface area contributed by atoms with Crippen molar-refractivity contribution >= 4 is 11.7 Å². The number of carbonyl (C=O) groups is 1. The summed E-state index contributed by atoms with van der Waals surface area (Å²) in [5.41, 5.74) is 3.02. The highest BCUT2D eigenvalue weighted by atomic mass is 16.6. The number of rotatable bonds is 3. The summed E-state index contributed by atoms with van der Waals surface area (Å²) in [5, 5.41) is 13.8. The monoisotopic (exact) mass is 311 g/mol. The maximum absolute atomic E-state index is 12.3. The van der Waals surface area contributed by atoms with Crippen molar-refractivity contribution in [1.29, 1.82) is 0 Å². The molecule has 6 nitrogen and oxygen atoms in total. The van der Waals surface area contributed by atoms with Crippen molar-refractivity contribution in [3.63, 3.8) is 0 Å². The second-order valence-electron chi connectivity index (χ2n) is 5.53. The lowest BCUT2D eigenvalue weighted by Gasteiger charge is -2.28. The van der Waals surface area contributed by atoms with Crippen LogP contribution in [0.5, 0.6) is 0 Å². The van der Waals surface area contributed by atoms with Gasteiger partial charge in [-0.1, -0.05) is 36.4 Å². The number of benzene rings is 2. The van der Waals surface area contributed by atoms with E-state index in [2.05, 4.69) is 5.32 Å². The third-order valence-corrected chi connectivity index (χ3v) is 3.99. The highest BCUT2D eigenvalue weighted by Crippen LogP contribution is 2.23. The van der Waals surface area contributed by atoms with Gasteiger partial charge in [-0.05, 0) is 23.1 Å². The molecule has 0 aromatic heterocycles. The SMILES string of the molecule is O=C(NCc1ccccc1)N1CCc2ccc([N+](=O)[O-])cc2C1. The topological polar surface area (TPSA) is 75.5 Å². The standard InChI is InChI=1S/C17H17N3O3/c21-17(18-11-13-4-2-1-3-5-13)19-9-8-14-6-7-16(20(22)23)10-15(14)12-19/h1-7,10H,8-9,11-12H2,(H,18,21). The number of nitro benzene ring substituents is 1. The number of nitrogens with zero attached hydrogens (tertiary/aromatic N) is 2. The zero-order valence-electron chi connectivity index (χ0n) is 12.6. The number of urea groups is 1. The number of hydrogen-bond acceptors (Lipinski definition) is 3. The molecule has 0 saturated carbocycles. The fourth-order valence-electron chi connectivity index (χ4n) is 2.72. The summed E-state index contributed by atoms with van der Waals surface area (Å²) in [7, 11) is 0. The van der Waals surface area contributed by atoms with Gasteiger partial charge < -0.3 is 10.2 Å². The van der Waals surface area contributed by atoms with Crippen LogP contribution >= 0.6 is 0 Å². The molecule has 1 heterocycles. The molecule has 6 heteroatoms. The minimum atomic E-state index is -0.408. The molecule has 1 aliphatic rings. The summed E-state index contributed by atoms with van der Waals surface area (Å²) in [6.45, 7) is 1.49. The summed E-state index contributed by atoms with van der Waals surface area (Å²) < 4.78 is 0. The van der Waals surface area contributed by atoms with Gasteiger partial charge in [-0.2, -0.15) is 0 Å². The largest absolute Gasteiger partial charge is 0.334 e. The first kappa shape index (κ1) is 15.0. The lowest BCUT2D eigenvalue weighted by Crippen LogP contribution is -2.42. The summed E-state index contributed by atoms with van der Waals surface area (Å²) in [6.07, 6.45) is 0.714. The van der Waals surface area contributed by atoms with Gasteiger partial charge in [0.2, 0.25) is 0 Å². The Bertz CT molecular complexity index is 731. The average molecular weight is 311 g/mol. The Morgan fingerprint density at radius 3 is 2.70 bits per heavy atom. The summed E-state index contributed by atoms with van der Waals surface area (Å²) in [4.78, 5) is 24.4. The molecule has 0 bridgehead atoms. The van der Waals surface area contributed by atoms with Crippen molar-refractivity contribution in [2.24, 2.45) is 0 Å². The fourth-order valence-corrected chi connectivity index (χ4v) is 2.72. The molecule has 0 fully saturated rings. The Morgan fingerprint density at radius 1 is 1.17 bits per heavy atom. The quantitative estimate of drug-likeness (QED) is 0.699. The molecule has 3 rings (SSSR count). The Morgan fingerprint density at radius 2 is 1.96 bits per heavy atom. The fraction of sp³-hybridized carbons (Fsp3) is 0.235. The Hall–Kier alpha value is -2.89. The van der Waals surface area contributed by atoms with Crippen LogP contribution in [-0.4, -0.2) is 22.4 Å². The molecule has 0 aliphatic carbocycles. The Balaban J connectivity index is 1.65. The van der Waals surface area contributed by atoms with E-state index in [9.17, 15) is 14.9 Å². The van der Waals surface area contributed by atoms with Crippen molar-refractivity contribution in [3.05, 3.63) is 75.3 Å². The molecule has 118 valence electrons. The normalized spacial score (nSPS) is 13.3. The first-order valence-electron chi connectivity index (χ1n) is 7.46. The van der Waals surface area contributed by atoms with E-state index in [1.807, 2.05) is 30.3 Å². The van der Waals surface area contributed by atoms with Crippen molar-refractivity contribution in [2.75, 3.05) is 6.54 Å². The van der Waals surface area contributed by atoms with E-state index in [0.717, 1.165) is 16.7 Å². The number of nitro groups is 1. The number of non-ortho nitro benzene ring substituents is 1. The van der Waals surface area contributed by atoms with E-state index in [1.165, 1.54) is 6.07 Å². The third kappa shape index (κ3) is 3.48. The zero-order valence-corrected chi connectivity index (χ0v) is 12.6. The zero-order chi connectivity index (χ0) is 16.2. The van der Waals surface area contributed by atoms with Gasteiger partial charge in [-0.3, -0.25) is 10.1 Å². The van der Waals surface area contributed by atoms with Gasteiger partial charge in [-0.15, -0.1) is 0 Å². The van der Waals surface area contributed by atoms with Crippen LogP contribution in [0.2, 0.25) is 0 Å². The first-order chi connectivity index (χ1) is 11.1. The third-order valence-electron chi connectivity index (χ3n) is 3.99. The summed E-state index contributed by atoms with van der Waals surface area (Å²) in [5.74, 6) is 0. The molecule has 0 radical (unpaired) electrons. The van der Waals surface area contributed by atoms with Crippen molar-refractivity contribution in [2.45, 2.75) is 19.5 Å². The molecule has 1 aliphatic heterocycles. The van der Waals surface area contributed by atoms with Crippen LogP contribution in [0.1, 0.15) is 16.7 Å². The van der Waals surface area contributed by atoms with E-state index in [4.69, 9.17) is 0 Å². The summed E-state index contributed by atoms with van der Waals surface area (Å²) >= 11 is 0. The molecule has 2 amide bonds. The number of hydrogen-bond donors (Lipinski definition) is 1. The second kappa shape index (κ2) is 6.48.